The van der Waals surface area contributed by atoms with Crippen molar-refractivity contribution < 1.29 is 17.7 Å². The lowest BCUT2D eigenvalue weighted by Crippen LogP contribution is -2.31. The predicted molar refractivity (Wildman–Crippen MR) is 90.4 cm³/mol. The molecule has 0 aliphatic heterocycles. The van der Waals surface area contributed by atoms with Crippen LogP contribution >= 0.6 is 0 Å². The molecule has 1 aromatic carbocycles. The minimum atomic E-state index is -3.22. The third-order valence-corrected chi connectivity index (χ3v) is 5.40. The minimum Gasteiger partial charge on any atom is -0.361 e. The number of benzene rings is 1. The van der Waals surface area contributed by atoms with Crippen molar-refractivity contribution in [1.29, 1.82) is 0 Å². The maximum absolute atomic E-state index is 12.5. The largest absolute Gasteiger partial charge is 0.361 e. The molecule has 0 aliphatic rings. The maximum atomic E-state index is 12.5. The molecule has 0 saturated carbocycles. The van der Waals surface area contributed by atoms with E-state index in [1.165, 1.54) is 6.26 Å². The average molecular weight is 350 g/mol. The zero-order valence-corrected chi connectivity index (χ0v) is 15.3. The van der Waals surface area contributed by atoms with E-state index < -0.39 is 9.84 Å². The standard InChI is InChI=1S/C17H22N2O4S/c1-11-16(13(3)23-18-11)10-17(20)19(4)12(2)14-6-8-15(9-7-14)24(5,21)22/h6-9,12H,10H2,1-5H3/t12-/m0/s1. The second-order valence-electron chi connectivity index (χ2n) is 6.00. The number of hydrogen-bond acceptors (Lipinski definition) is 5. The van der Waals surface area contributed by atoms with E-state index in [2.05, 4.69) is 5.16 Å². The summed E-state index contributed by atoms with van der Waals surface area (Å²) in [4.78, 5) is 14.4. The van der Waals surface area contributed by atoms with Gasteiger partial charge in [0.1, 0.15) is 5.76 Å². The summed E-state index contributed by atoms with van der Waals surface area (Å²) in [5, 5.41) is 3.86. The summed E-state index contributed by atoms with van der Waals surface area (Å²) in [6.07, 6.45) is 1.40. The van der Waals surface area contributed by atoms with Crippen molar-refractivity contribution in [3.8, 4) is 0 Å². The van der Waals surface area contributed by atoms with E-state index in [1.54, 1.807) is 43.1 Å². The quantitative estimate of drug-likeness (QED) is 0.827. The number of hydrogen-bond donors (Lipinski definition) is 0. The molecule has 1 aromatic heterocycles. The zero-order valence-electron chi connectivity index (χ0n) is 14.5. The average Bonchev–Trinajstić information content (AvgIpc) is 2.84. The fraction of sp³-hybridized carbons (Fsp3) is 0.412. The van der Waals surface area contributed by atoms with Crippen molar-refractivity contribution in [1.82, 2.24) is 10.1 Å². The third-order valence-electron chi connectivity index (χ3n) is 4.27. The number of rotatable bonds is 5. The highest BCUT2D eigenvalue weighted by molar-refractivity contribution is 7.90. The van der Waals surface area contributed by atoms with Gasteiger partial charge in [0.2, 0.25) is 5.91 Å². The topological polar surface area (TPSA) is 80.5 Å². The molecule has 0 unspecified atom stereocenters. The van der Waals surface area contributed by atoms with Gasteiger partial charge in [0.25, 0.3) is 0 Å². The van der Waals surface area contributed by atoms with E-state index in [4.69, 9.17) is 4.52 Å². The molecule has 1 heterocycles. The van der Waals surface area contributed by atoms with Gasteiger partial charge in [-0.2, -0.15) is 0 Å². The van der Waals surface area contributed by atoms with Crippen molar-refractivity contribution in [2.45, 2.75) is 38.1 Å². The van der Waals surface area contributed by atoms with Crippen LogP contribution in [0, 0.1) is 13.8 Å². The molecule has 24 heavy (non-hydrogen) atoms. The molecule has 1 amide bonds. The second kappa shape index (κ2) is 6.76. The highest BCUT2D eigenvalue weighted by Crippen LogP contribution is 2.22. The smallest absolute Gasteiger partial charge is 0.227 e. The molecule has 0 spiro atoms. The SMILES string of the molecule is Cc1noc(C)c1CC(=O)N(C)[C@@H](C)c1ccc(S(C)(=O)=O)cc1. The van der Waals surface area contributed by atoms with Crippen LogP contribution in [0.5, 0.6) is 0 Å². The Kier molecular flexibility index (Phi) is 5.13. The van der Waals surface area contributed by atoms with Crippen LogP contribution in [0.15, 0.2) is 33.7 Å². The molecule has 1 atom stereocenters. The van der Waals surface area contributed by atoms with Crippen molar-refractivity contribution >= 4 is 15.7 Å². The van der Waals surface area contributed by atoms with Crippen LogP contribution in [0.25, 0.3) is 0 Å². The maximum Gasteiger partial charge on any atom is 0.227 e. The molecule has 2 rings (SSSR count). The number of nitrogens with zero attached hydrogens (tertiary/aromatic N) is 2. The summed E-state index contributed by atoms with van der Waals surface area (Å²) >= 11 is 0. The van der Waals surface area contributed by atoms with Gasteiger partial charge < -0.3 is 9.42 Å². The summed E-state index contributed by atoms with van der Waals surface area (Å²) in [6, 6.07) is 6.43. The summed E-state index contributed by atoms with van der Waals surface area (Å²) in [6.45, 7) is 5.50. The predicted octanol–water partition coefficient (Wildman–Crippen LogP) is 2.46. The fourth-order valence-electron chi connectivity index (χ4n) is 2.46. The summed E-state index contributed by atoms with van der Waals surface area (Å²) < 4.78 is 28.1. The van der Waals surface area contributed by atoms with Gasteiger partial charge in [0.15, 0.2) is 9.84 Å². The molecule has 6 nitrogen and oxygen atoms in total. The van der Waals surface area contributed by atoms with Crippen LogP contribution in [0.1, 0.15) is 35.5 Å². The first-order valence-corrected chi connectivity index (χ1v) is 9.48. The molecule has 2 aromatic rings. The number of amides is 1. The van der Waals surface area contributed by atoms with Crippen LogP contribution in [0.3, 0.4) is 0 Å². The number of carbonyl (C=O) groups excluding carboxylic acids is 1. The Labute approximate surface area is 142 Å². The normalized spacial score (nSPS) is 12.9. The van der Waals surface area contributed by atoms with E-state index >= 15 is 0 Å². The van der Waals surface area contributed by atoms with Crippen molar-refractivity contribution in [3.63, 3.8) is 0 Å². The summed E-state index contributed by atoms with van der Waals surface area (Å²) in [5.41, 5.74) is 2.41. The first kappa shape index (κ1) is 18.2. The third kappa shape index (κ3) is 3.84. The van der Waals surface area contributed by atoms with E-state index in [-0.39, 0.29) is 23.3 Å². The van der Waals surface area contributed by atoms with E-state index in [0.717, 1.165) is 16.8 Å². The fourth-order valence-corrected chi connectivity index (χ4v) is 3.09. The molecule has 0 radical (unpaired) electrons. The van der Waals surface area contributed by atoms with Gasteiger partial charge in [0.05, 0.1) is 23.1 Å². The Morgan fingerprint density at radius 1 is 1.25 bits per heavy atom. The van der Waals surface area contributed by atoms with Gasteiger partial charge in [-0.15, -0.1) is 0 Å². The molecule has 7 heteroatoms. The lowest BCUT2D eigenvalue weighted by atomic mass is 10.1. The van der Waals surface area contributed by atoms with E-state index in [9.17, 15) is 13.2 Å². The molecule has 0 aliphatic carbocycles. The van der Waals surface area contributed by atoms with E-state index in [1.807, 2.05) is 13.8 Å². The van der Waals surface area contributed by atoms with Crippen LogP contribution in [0.2, 0.25) is 0 Å². The van der Waals surface area contributed by atoms with Gasteiger partial charge in [-0.1, -0.05) is 17.3 Å². The Morgan fingerprint density at radius 3 is 2.29 bits per heavy atom. The summed E-state index contributed by atoms with van der Waals surface area (Å²) in [5.74, 6) is 0.600. The van der Waals surface area contributed by atoms with Crippen molar-refractivity contribution in [2.24, 2.45) is 0 Å². The molecular weight excluding hydrogens is 328 g/mol. The lowest BCUT2D eigenvalue weighted by Gasteiger charge is -2.25. The molecular formula is C17H22N2O4S. The number of likely N-dealkylation sites (N-methyl/N-ethyl adjacent to an activating group) is 1. The van der Waals surface area contributed by atoms with E-state index in [0.29, 0.717) is 5.76 Å². The van der Waals surface area contributed by atoms with Gasteiger partial charge in [-0.3, -0.25) is 4.79 Å². The van der Waals surface area contributed by atoms with Gasteiger partial charge >= 0.3 is 0 Å². The van der Waals surface area contributed by atoms with Crippen LogP contribution < -0.4 is 0 Å². The highest BCUT2D eigenvalue weighted by Gasteiger charge is 2.21. The van der Waals surface area contributed by atoms with Gasteiger partial charge in [-0.25, -0.2) is 8.42 Å². The van der Waals surface area contributed by atoms with Crippen molar-refractivity contribution in [2.75, 3.05) is 13.3 Å². The summed E-state index contributed by atoms with van der Waals surface area (Å²) in [7, 11) is -1.49. The van der Waals surface area contributed by atoms with Gasteiger partial charge in [0, 0.05) is 18.9 Å². The second-order valence-corrected chi connectivity index (χ2v) is 8.02. The Bertz CT molecular complexity index is 818. The first-order chi connectivity index (χ1) is 11.1. The Balaban J connectivity index is 2.14. The molecule has 0 N–H and O–H groups in total. The highest BCUT2D eigenvalue weighted by atomic mass is 32.2. The first-order valence-electron chi connectivity index (χ1n) is 7.58. The van der Waals surface area contributed by atoms with Gasteiger partial charge in [-0.05, 0) is 38.5 Å². The molecule has 0 fully saturated rings. The molecule has 0 saturated heterocycles. The molecule has 130 valence electrons. The number of aromatic nitrogens is 1. The monoisotopic (exact) mass is 350 g/mol. The van der Waals surface area contributed by atoms with Crippen LogP contribution in [0.4, 0.5) is 0 Å². The number of aryl methyl sites for hydroxylation is 2. The Morgan fingerprint density at radius 2 is 1.83 bits per heavy atom. The number of sulfone groups is 1. The zero-order chi connectivity index (χ0) is 18.1. The van der Waals surface area contributed by atoms with Crippen LogP contribution in [-0.2, 0) is 21.1 Å². The minimum absolute atomic E-state index is 0.0518. The van der Waals surface area contributed by atoms with Crippen LogP contribution in [-0.4, -0.2) is 37.7 Å². The van der Waals surface area contributed by atoms with Crippen molar-refractivity contribution in [3.05, 3.63) is 46.8 Å². The Hall–Kier alpha value is -2.15. The number of carbonyl (C=O) groups is 1. The molecule has 0 bridgehead atoms. The lowest BCUT2D eigenvalue weighted by molar-refractivity contribution is -0.131.